The second kappa shape index (κ2) is 9.76. The third kappa shape index (κ3) is 5.39. The summed E-state index contributed by atoms with van der Waals surface area (Å²) in [5.74, 6) is 4.22. The smallest absolute Gasteiger partial charge is 0.122 e. The van der Waals surface area contributed by atoms with Crippen LogP contribution in [0.1, 0.15) is 36.0 Å². The summed E-state index contributed by atoms with van der Waals surface area (Å²) in [7, 11) is 1.71. The van der Waals surface area contributed by atoms with Gasteiger partial charge in [0.15, 0.2) is 0 Å². The number of methoxy groups -OCH3 is 1. The zero-order valence-corrected chi connectivity index (χ0v) is 17.6. The van der Waals surface area contributed by atoms with Crippen molar-refractivity contribution in [2.75, 3.05) is 39.8 Å². The van der Waals surface area contributed by atoms with Crippen LogP contribution in [0.2, 0.25) is 0 Å². The van der Waals surface area contributed by atoms with E-state index in [-0.39, 0.29) is 6.04 Å². The lowest BCUT2D eigenvalue weighted by atomic mass is 9.95. The van der Waals surface area contributed by atoms with E-state index in [1.807, 2.05) is 13.0 Å². The molecule has 29 heavy (non-hydrogen) atoms. The van der Waals surface area contributed by atoms with Crippen LogP contribution >= 0.6 is 0 Å². The van der Waals surface area contributed by atoms with Gasteiger partial charge in [-0.25, -0.2) is 5.43 Å². The fourth-order valence-corrected chi connectivity index (χ4v) is 4.46. The highest BCUT2D eigenvalue weighted by atomic mass is 16.5. The van der Waals surface area contributed by atoms with E-state index >= 15 is 0 Å². The van der Waals surface area contributed by atoms with Gasteiger partial charge in [0, 0.05) is 25.6 Å². The average Bonchev–Trinajstić information content (AvgIpc) is 3.38. The third-order valence-electron chi connectivity index (χ3n) is 6.27. The van der Waals surface area contributed by atoms with Crippen molar-refractivity contribution in [1.29, 1.82) is 0 Å². The van der Waals surface area contributed by atoms with E-state index in [4.69, 9.17) is 9.15 Å². The van der Waals surface area contributed by atoms with Crippen LogP contribution in [0.25, 0.3) is 0 Å². The Morgan fingerprint density at radius 1 is 1.10 bits per heavy atom. The fraction of sp³-hybridized carbons (Fsp3) is 0.565. The number of aryl methyl sites for hydroxylation is 1. The molecule has 2 saturated heterocycles. The Morgan fingerprint density at radius 3 is 2.59 bits per heavy atom. The second-order valence-electron chi connectivity index (χ2n) is 8.44. The maximum atomic E-state index is 5.82. The molecule has 2 atom stereocenters. The summed E-state index contributed by atoms with van der Waals surface area (Å²) in [6.45, 7) is 8.48. The topological polar surface area (TPSA) is 61.7 Å². The zero-order valence-electron chi connectivity index (χ0n) is 17.6. The Kier molecular flexibility index (Phi) is 6.87. The van der Waals surface area contributed by atoms with Crippen LogP contribution < -0.4 is 20.9 Å². The average molecular weight is 399 g/mol. The molecule has 2 aliphatic heterocycles. The summed E-state index contributed by atoms with van der Waals surface area (Å²) < 4.78 is 11.1. The molecule has 0 amide bonds. The summed E-state index contributed by atoms with van der Waals surface area (Å²) in [6, 6.07) is 12.8. The SMILES string of the molecule is COc1ccc(CN2CCC(CNCC3CNNC3c3ccc(C)o3)CC2)cc1. The first kappa shape index (κ1) is 20.4. The van der Waals surface area contributed by atoms with E-state index in [0.29, 0.717) is 5.92 Å². The predicted octanol–water partition coefficient (Wildman–Crippen LogP) is 2.86. The third-order valence-corrected chi connectivity index (χ3v) is 6.27. The fourth-order valence-electron chi connectivity index (χ4n) is 4.46. The molecule has 158 valence electrons. The highest BCUT2D eigenvalue weighted by Crippen LogP contribution is 2.26. The highest BCUT2D eigenvalue weighted by Gasteiger charge is 2.30. The summed E-state index contributed by atoms with van der Waals surface area (Å²) in [5, 5.41) is 3.73. The number of hydrogen-bond donors (Lipinski definition) is 3. The number of benzene rings is 1. The van der Waals surface area contributed by atoms with Crippen molar-refractivity contribution in [1.82, 2.24) is 21.1 Å². The molecule has 0 bridgehead atoms. The Hall–Kier alpha value is -1.86. The van der Waals surface area contributed by atoms with Gasteiger partial charge in [0.05, 0.1) is 13.2 Å². The maximum Gasteiger partial charge on any atom is 0.122 e. The summed E-state index contributed by atoms with van der Waals surface area (Å²) in [5.41, 5.74) is 8.02. The van der Waals surface area contributed by atoms with Crippen molar-refractivity contribution >= 4 is 0 Å². The van der Waals surface area contributed by atoms with Crippen molar-refractivity contribution in [3.05, 3.63) is 53.5 Å². The minimum absolute atomic E-state index is 0.252. The summed E-state index contributed by atoms with van der Waals surface area (Å²) >= 11 is 0. The number of hydrogen-bond acceptors (Lipinski definition) is 6. The van der Waals surface area contributed by atoms with Crippen LogP contribution in [0.15, 0.2) is 40.8 Å². The van der Waals surface area contributed by atoms with Crippen LogP contribution in [0.4, 0.5) is 0 Å². The Morgan fingerprint density at radius 2 is 1.90 bits per heavy atom. The molecule has 6 nitrogen and oxygen atoms in total. The molecule has 0 saturated carbocycles. The van der Waals surface area contributed by atoms with Crippen molar-refractivity contribution in [3.8, 4) is 5.75 Å². The van der Waals surface area contributed by atoms with Crippen LogP contribution in [0.5, 0.6) is 5.75 Å². The molecule has 0 spiro atoms. The first-order valence-corrected chi connectivity index (χ1v) is 10.8. The van der Waals surface area contributed by atoms with E-state index < -0.39 is 0 Å². The molecule has 6 heteroatoms. The minimum Gasteiger partial charge on any atom is -0.497 e. The predicted molar refractivity (Wildman–Crippen MR) is 115 cm³/mol. The molecule has 2 fully saturated rings. The lowest BCUT2D eigenvalue weighted by Crippen LogP contribution is -2.38. The molecule has 2 unspecified atom stereocenters. The Labute approximate surface area is 174 Å². The van der Waals surface area contributed by atoms with Crippen LogP contribution in [-0.4, -0.2) is 44.7 Å². The highest BCUT2D eigenvalue weighted by molar-refractivity contribution is 5.27. The summed E-state index contributed by atoms with van der Waals surface area (Å²) in [4.78, 5) is 2.57. The monoisotopic (exact) mass is 398 g/mol. The van der Waals surface area contributed by atoms with Crippen molar-refractivity contribution in [2.45, 2.75) is 32.4 Å². The standard InChI is InChI=1S/C23H34N4O2/c1-17-3-8-22(29-17)23-20(15-25-26-23)14-24-13-18-9-11-27(12-10-18)16-19-4-6-21(28-2)7-5-19/h3-8,18,20,23-26H,9-16H2,1-2H3. The molecule has 2 aliphatic rings. The van der Waals surface area contributed by atoms with Crippen molar-refractivity contribution < 1.29 is 9.15 Å². The van der Waals surface area contributed by atoms with Gasteiger partial charge in [0.25, 0.3) is 0 Å². The van der Waals surface area contributed by atoms with Gasteiger partial charge in [-0.05, 0) is 75.1 Å². The number of piperidine rings is 1. The largest absolute Gasteiger partial charge is 0.497 e. The number of ether oxygens (including phenoxy) is 1. The van der Waals surface area contributed by atoms with Gasteiger partial charge in [-0.15, -0.1) is 0 Å². The van der Waals surface area contributed by atoms with Crippen molar-refractivity contribution in [2.24, 2.45) is 11.8 Å². The summed E-state index contributed by atoms with van der Waals surface area (Å²) in [6.07, 6.45) is 2.54. The molecule has 4 rings (SSSR count). The maximum absolute atomic E-state index is 5.82. The van der Waals surface area contributed by atoms with Crippen LogP contribution in [-0.2, 0) is 6.54 Å². The molecular formula is C23H34N4O2. The zero-order chi connectivity index (χ0) is 20.1. The normalized spacial score (nSPS) is 23.5. The molecule has 3 heterocycles. The van der Waals surface area contributed by atoms with E-state index in [2.05, 4.69) is 51.4 Å². The number of nitrogens with zero attached hydrogens (tertiary/aromatic N) is 1. The van der Waals surface area contributed by atoms with Crippen molar-refractivity contribution in [3.63, 3.8) is 0 Å². The lowest BCUT2D eigenvalue weighted by molar-refractivity contribution is 0.174. The first-order valence-electron chi connectivity index (χ1n) is 10.8. The first-order chi connectivity index (χ1) is 14.2. The van der Waals surface area contributed by atoms with Gasteiger partial charge < -0.3 is 14.5 Å². The molecule has 1 aromatic carbocycles. The van der Waals surface area contributed by atoms with Gasteiger partial charge in [0.2, 0.25) is 0 Å². The second-order valence-corrected chi connectivity index (χ2v) is 8.44. The Bertz CT molecular complexity index is 752. The number of rotatable bonds is 8. The van der Waals surface area contributed by atoms with Gasteiger partial charge >= 0.3 is 0 Å². The van der Waals surface area contributed by atoms with Crippen LogP contribution in [0.3, 0.4) is 0 Å². The molecular weight excluding hydrogens is 364 g/mol. The quantitative estimate of drug-likeness (QED) is 0.636. The van der Waals surface area contributed by atoms with Gasteiger partial charge in [0.1, 0.15) is 17.3 Å². The molecule has 0 aliphatic carbocycles. The molecule has 1 aromatic heterocycles. The lowest BCUT2D eigenvalue weighted by Gasteiger charge is -2.32. The number of nitrogens with one attached hydrogen (secondary N) is 3. The van der Waals surface area contributed by atoms with E-state index in [1.165, 1.54) is 31.5 Å². The minimum atomic E-state index is 0.252. The van der Waals surface area contributed by atoms with Gasteiger partial charge in [-0.1, -0.05) is 12.1 Å². The van der Waals surface area contributed by atoms with Crippen LogP contribution in [0, 0.1) is 18.8 Å². The van der Waals surface area contributed by atoms with Gasteiger partial charge in [-0.3, -0.25) is 10.3 Å². The molecule has 0 radical (unpaired) electrons. The molecule has 3 N–H and O–H groups in total. The van der Waals surface area contributed by atoms with Gasteiger partial charge in [-0.2, -0.15) is 0 Å². The van der Waals surface area contributed by atoms with E-state index in [0.717, 1.165) is 49.4 Å². The number of hydrazine groups is 1. The number of likely N-dealkylation sites (tertiary alicyclic amines) is 1. The Balaban J connectivity index is 1.16. The van der Waals surface area contributed by atoms with E-state index in [9.17, 15) is 0 Å². The van der Waals surface area contributed by atoms with E-state index in [1.54, 1.807) is 7.11 Å². The number of furan rings is 1. The molecule has 2 aromatic rings.